The summed E-state index contributed by atoms with van der Waals surface area (Å²) in [5.41, 5.74) is 0.394. The molecule has 0 aromatic carbocycles. The molecule has 0 spiro atoms. The molecule has 1 aromatic rings. The molecule has 1 aliphatic rings. The van der Waals surface area contributed by atoms with E-state index in [2.05, 4.69) is 18.8 Å². The highest BCUT2D eigenvalue weighted by molar-refractivity contribution is 7.89. The summed E-state index contributed by atoms with van der Waals surface area (Å²) in [7, 11) is -3.69. The number of hydrogen-bond donors (Lipinski definition) is 1. The zero-order valence-corrected chi connectivity index (χ0v) is 12.1. The molecule has 19 heavy (non-hydrogen) atoms. The Balaban J connectivity index is 1.97. The fourth-order valence-electron chi connectivity index (χ4n) is 2.27. The average Bonchev–Trinajstić information content (AvgIpc) is 2.31. The van der Waals surface area contributed by atoms with Crippen LogP contribution in [0.4, 0.5) is 0 Å². The number of primary sulfonamides is 1. The zero-order valence-electron chi connectivity index (χ0n) is 11.3. The minimum atomic E-state index is -3.69. The first-order valence-electron chi connectivity index (χ1n) is 6.42. The topological polar surface area (TPSA) is 82.3 Å². The van der Waals surface area contributed by atoms with Crippen molar-refractivity contribution < 1.29 is 13.2 Å². The normalized spacial score (nSPS) is 20.2. The molecule has 1 saturated carbocycles. The van der Waals surface area contributed by atoms with Gasteiger partial charge in [0.15, 0.2) is 0 Å². The summed E-state index contributed by atoms with van der Waals surface area (Å²) < 4.78 is 28.0. The van der Waals surface area contributed by atoms with E-state index in [-0.39, 0.29) is 11.0 Å². The Kier molecular flexibility index (Phi) is 3.82. The van der Waals surface area contributed by atoms with Crippen LogP contribution in [0.5, 0.6) is 5.88 Å². The van der Waals surface area contributed by atoms with Gasteiger partial charge in [0, 0.05) is 6.07 Å². The van der Waals surface area contributed by atoms with Crippen LogP contribution in [0.1, 0.15) is 39.5 Å². The third-order valence-electron chi connectivity index (χ3n) is 3.61. The molecule has 2 N–H and O–H groups in total. The number of nitrogens with two attached hydrogens (primary N) is 1. The third kappa shape index (κ3) is 3.91. The van der Waals surface area contributed by atoms with Gasteiger partial charge in [0.05, 0.1) is 6.20 Å². The Morgan fingerprint density at radius 3 is 2.42 bits per heavy atom. The Hall–Kier alpha value is -1.14. The smallest absolute Gasteiger partial charge is 0.239 e. The number of aromatic nitrogens is 1. The Bertz CT molecular complexity index is 528. The van der Waals surface area contributed by atoms with E-state index in [1.54, 1.807) is 6.07 Å². The summed E-state index contributed by atoms with van der Waals surface area (Å²) in [6.45, 7) is 4.53. The standard InChI is InChI=1S/C13H20N2O3S/c1-13(2)7-5-10(6-8-13)18-12-4-3-11(9-15-12)19(14,16)17/h3-4,9-10H,5-8H2,1-2H3,(H2,14,16,17). The van der Waals surface area contributed by atoms with E-state index in [0.29, 0.717) is 11.3 Å². The van der Waals surface area contributed by atoms with Crippen LogP contribution in [0.3, 0.4) is 0 Å². The summed E-state index contributed by atoms with van der Waals surface area (Å²) in [5.74, 6) is 0.456. The molecule has 0 unspecified atom stereocenters. The quantitative estimate of drug-likeness (QED) is 0.921. The maximum absolute atomic E-state index is 11.1. The summed E-state index contributed by atoms with van der Waals surface area (Å²) in [6, 6.07) is 2.98. The van der Waals surface area contributed by atoms with Crippen LogP contribution < -0.4 is 9.88 Å². The molecule has 0 bridgehead atoms. The Morgan fingerprint density at radius 2 is 1.95 bits per heavy atom. The largest absolute Gasteiger partial charge is 0.474 e. The van der Waals surface area contributed by atoms with Crippen molar-refractivity contribution in [2.75, 3.05) is 0 Å². The third-order valence-corrected chi connectivity index (χ3v) is 4.51. The predicted octanol–water partition coefficient (Wildman–Crippen LogP) is 2.08. The molecule has 2 rings (SSSR count). The number of rotatable bonds is 3. The Morgan fingerprint density at radius 1 is 1.32 bits per heavy atom. The first-order chi connectivity index (χ1) is 8.76. The van der Waals surface area contributed by atoms with Crippen molar-refractivity contribution in [2.45, 2.75) is 50.5 Å². The SMILES string of the molecule is CC1(C)CCC(Oc2ccc(S(N)(=O)=O)cn2)CC1. The van der Waals surface area contributed by atoms with E-state index in [9.17, 15) is 8.42 Å². The highest BCUT2D eigenvalue weighted by atomic mass is 32.2. The van der Waals surface area contributed by atoms with E-state index in [1.165, 1.54) is 12.3 Å². The summed E-state index contributed by atoms with van der Waals surface area (Å²) in [5, 5.41) is 5.01. The van der Waals surface area contributed by atoms with Crippen LogP contribution in [0.15, 0.2) is 23.2 Å². The van der Waals surface area contributed by atoms with Gasteiger partial charge in [0.1, 0.15) is 11.0 Å². The maximum atomic E-state index is 11.1. The highest BCUT2D eigenvalue weighted by Gasteiger charge is 2.28. The number of sulfonamides is 1. The lowest BCUT2D eigenvalue weighted by atomic mass is 9.76. The fourth-order valence-corrected chi connectivity index (χ4v) is 2.72. The summed E-state index contributed by atoms with van der Waals surface area (Å²) in [4.78, 5) is 4.00. The van der Waals surface area contributed by atoms with E-state index in [0.717, 1.165) is 25.7 Å². The van der Waals surface area contributed by atoms with Crippen molar-refractivity contribution in [3.05, 3.63) is 18.3 Å². The first kappa shape index (κ1) is 14.3. The van der Waals surface area contributed by atoms with E-state index >= 15 is 0 Å². The van der Waals surface area contributed by atoms with Crippen molar-refractivity contribution in [2.24, 2.45) is 10.6 Å². The van der Waals surface area contributed by atoms with Gasteiger partial charge >= 0.3 is 0 Å². The lowest BCUT2D eigenvalue weighted by Crippen LogP contribution is -2.28. The highest BCUT2D eigenvalue weighted by Crippen LogP contribution is 2.36. The van der Waals surface area contributed by atoms with Crippen LogP contribution in [-0.4, -0.2) is 19.5 Å². The van der Waals surface area contributed by atoms with Gasteiger partial charge in [-0.25, -0.2) is 18.5 Å². The van der Waals surface area contributed by atoms with Crippen molar-refractivity contribution in [1.82, 2.24) is 4.98 Å². The van der Waals surface area contributed by atoms with Gasteiger partial charge < -0.3 is 4.74 Å². The number of hydrogen-bond acceptors (Lipinski definition) is 4. The monoisotopic (exact) mass is 284 g/mol. The molecular weight excluding hydrogens is 264 g/mol. The molecule has 1 aliphatic carbocycles. The zero-order chi connectivity index (χ0) is 14.1. The van der Waals surface area contributed by atoms with Crippen molar-refractivity contribution in [3.8, 4) is 5.88 Å². The van der Waals surface area contributed by atoms with Crippen LogP contribution in [0.25, 0.3) is 0 Å². The molecule has 0 saturated heterocycles. The van der Waals surface area contributed by atoms with Crippen LogP contribution in [0.2, 0.25) is 0 Å². The molecule has 0 atom stereocenters. The second-order valence-electron chi connectivity index (χ2n) is 5.86. The van der Waals surface area contributed by atoms with E-state index < -0.39 is 10.0 Å². The fraction of sp³-hybridized carbons (Fsp3) is 0.615. The number of pyridine rings is 1. The minimum Gasteiger partial charge on any atom is -0.474 e. The molecule has 0 aliphatic heterocycles. The summed E-state index contributed by atoms with van der Waals surface area (Å²) >= 11 is 0. The molecule has 1 heterocycles. The van der Waals surface area contributed by atoms with Gasteiger partial charge in [-0.3, -0.25) is 0 Å². The van der Waals surface area contributed by atoms with Crippen molar-refractivity contribution >= 4 is 10.0 Å². The maximum Gasteiger partial charge on any atom is 0.239 e. The molecule has 5 nitrogen and oxygen atoms in total. The van der Waals surface area contributed by atoms with Crippen LogP contribution >= 0.6 is 0 Å². The van der Waals surface area contributed by atoms with Gasteiger partial charge in [-0.05, 0) is 37.2 Å². The average molecular weight is 284 g/mol. The van der Waals surface area contributed by atoms with Crippen LogP contribution in [-0.2, 0) is 10.0 Å². The van der Waals surface area contributed by atoms with Gasteiger partial charge in [-0.1, -0.05) is 13.8 Å². The second kappa shape index (κ2) is 5.09. The van der Waals surface area contributed by atoms with Gasteiger partial charge in [0.2, 0.25) is 15.9 Å². The molecule has 6 heteroatoms. The molecule has 1 fully saturated rings. The molecule has 1 aromatic heterocycles. The van der Waals surface area contributed by atoms with Crippen LogP contribution in [0, 0.1) is 5.41 Å². The number of nitrogens with zero attached hydrogens (tertiary/aromatic N) is 1. The van der Waals surface area contributed by atoms with E-state index in [4.69, 9.17) is 9.88 Å². The van der Waals surface area contributed by atoms with E-state index in [1.807, 2.05) is 0 Å². The Labute approximate surface area is 114 Å². The van der Waals surface area contributed by atoms with Gasteiger partial charge in [-0.15, -0.1) is 0 Å². The molecule has 0 radical (unpaired) electrons. The van der Waals surface area contributed by atoms with Crippen molar-refractivity contribution in [1.29, 1.82) is 0 Å². The summed E-state index contributed by atoms with van der Waals surface area (Å²) in [6.07, 6.45) is 5.68. The van der Waals surface area contributed by atoms with Gasteiger partial charge in [-0.2, -0.15) is 0 Å². The van der Waals surface area contributed by atoms with Gasteiger partial charge in [0.25, 0.3) is 0 Å². The first-order valence-corrected chi connectivity index (χ1v) is 7.96. The number of ether oxygens (including phenoxy) is 1. The lowest BCUT2D eigenvalue weighted by Gasteiger charge is -2.34. The second-order valence-corrected chi connectivity index (χ2v) is 7.42. The minimum absolute atomic E-state index is 0.00428. The predicted molar refractivity (Wildman–Crippen MR) is 72.3 cm³/mol. The van der Waals surface area contributed by atoms with Crippen molar-refractivity contribution in [3.63, 3.8) is 0 Å². The lowest BCUT2D eigenvalue weighted by molar-refractivity contribution is 0.0948. The molecular formula is C13H20N2O3S. The molecule has 106 valence electrons. The molecule has 0 amide bonds.